The van der Waals surface area contributed by atoms with Crippen molar-refractivity contribution in [3.63, 3.8) is 0 Å². The summed E-state index contributed by atoms with van der Waals surface area (Å²) in [5.74, 6) is 2.03. The van der Waals surface area contributed by atoms with Gasteiger partial charge in [-0.1, -0.05) is 121 Å². The number of hydrogen-bond donors (Lipinski definition) is 0. The highest BCUT2D eigenvalue weighted by Crippen LogP contribution is 2.50. The topological polar surface area (TPSA) is 38.7 Å². The zero-order valence-corrected chi connectivity index (χ0v) is 22.7. The predicted molar refractivity (Wildman–Crippen MR) is 159 cm³/mol. The van der Waals surface area contributed by atoms with Crippen LogP contribution in [-0.4, -0.2) is 15.0 Å². The molecule has 0 bridgehead atoms. The van der Waals surface area contributed by atoms with Crippen molar-refractivity contribution in [1.29, 1.82) is 0 Å². The largest absolute Gasteiger partial charge is 0.208 e. The average molecular weight is 554 g/mol. The number of aromatic nitrogens is 3. The van der Waals surface area contributed by atoms with Gasteiger partial charge in [-0.25, -0.2) is 15.0 Å². The fourth-order valence-corrected chi connectivity index (χ4v) is 5.97. The molecule has 3 nitrogen and oxygen atoms in total. The second-order valence-electron chi connectivity index (χ2n) is 10.3. The summed E-state index contributed by atoms with van der Waals surface area (Å²) in [6, 6.07) is 38.0. The normalized spacial score (nSPS) is 13.3. The van der Waals surface area contributed by atoms with Crippen LogP contribution in [0.15, 0.2) is 114 Å². The minimum absolute atomic E-state index is 0.127. The Morgan fingerprint density at radius 1 is 0.526 bits per heavy atom. The molecule has 0 N–H and O–H groups in total. The highest BCUT2D eigenvalue weighted by Gasteiger charge is 2.35. The molecule has 38 heavy (non-hydrogen) atoms. The molecule has 1 aliphatic rings. The molecule has 6 aromatic rings. The van der Waals surface area contributed by atoms with E-state index in [1.165, 1.54) is 22.3 Å². The van der Waals surface area contributed by atoms with Gasteiger partial charge in [0.05, 0.1) is 0 Å². The summed E-state index contributed by atoms with van der Waals surface area (Å²) in [6.07, 6.45) is 0. The molecule has 0 aliphatic heterocycles. The van der Waals surface area contributed by atoms with Crippen molar-refractivity contribution in [3.05, 3.63) is 125 Å². The molecule has 182 valence electrons. The van der Waals surface area contributed by atoms with E-state index in [2.05, 4.69) is 109 Å². The molecular formula is C34H24BrN3. The van der Waals surface area contributed by atoms with E-state index in [4.69, 9.17) is 15.0 Å². The van der Waals surface area contributed by atoms with Gasteiger partial charge in [-0.2, -0.15) is 0 Å². The molecule has 1 heterocycles. The second-order valence-corrected chi connectivity index (χ2v) is 11.2. The van der Waals surface area contributed by atoms with E-state index in [1.54, 1.807) is 0 Å². The summed E-state index contributed by atoms with van der Waals surface area (Å²) in [4.78, 5) is 15.0. The van der Waals surface area contributed by atoms with E-state index in [0.717, 1.165) is 31.9 Å². The maximum atomic E-state index is 5.06. The highest BCUT2D eigenvalue weighted by molar-refractivity contribution is 9.10. The summed E-state index contributed by atoms with van der Waals surface area (Å²) >= 11 is 3.66. The zero-order chi connectivity index (χ0) is 25.9. The molecule has 5 aromatic carbocycles. The molecule has 0 atom stereocenters. The first kappa shape index (κ1) is 23.0. The van der Waals surface area contributed by atoms with Gasteiger partial charge in [-0.05, 0) is 51.2 Å². The number of rotatable bonds is 3. The van der Waals surface area contributed by atoms with Crippen LogP contribution in [0.3, 0.4) is 0 Å². The minimum Gasteiger partial charge on any atom is -0.208 e. The lowest BCUT2D eigenvalue weighted by Gasteiger charge is -2.22. The first-order chi connectivity index (χ1) is 18.5. The smallest absolute Gasteiger partial charge is 0.164 e. The Kier molecular flexibility index (Phi) is 5.27. The fraction of sp³-hybridized carbons (Fsp3) is 0.0882. The minimum atomic E-state index is -0.127. The quantitative estimate of drug-likeness (QED) is 0.219. The van der Waals surface area contributed by atoms with Crippen LogP contribution >= 0.6 is 15.9 Å². The van der Waals surface area contributed by atoms with Crippen LogP contribution in [0.5, 0.6) is 0 Å². The molecule has 0 fully saturated rings. The van der Waals surface area contributed by atoms with Gasteiger partial charge < -0.3 is 0 Å². The molecule has 0 saturated carbocycles. The molecule has 7 rings (SSSR count). The maximum absolute atomic E-state index is 5.06. The highest BCUT2D eigenvalue weighted by atomic mass is 79.9. The number of benzene rings is 5. The van der Waals surface area contributed by atoms with Gasteiger partial charge >= 0.3 is 0 Å². The lowest BCUT2D eigenvalue weighted by atomic mass is 9.82. The fourth-order valence-electron chi connectivity index (χ4n) is 5.61. The summed E-state index contributed by atoms with van der Waals surface area (Å²) in [7, 11) is 0. The van der Waals surface area contributed by atoms with Crippen molar-refractivity contribution < 1.29 is 0 Å². The predicted octanol–water partition coefficient (Wildman–Crippen LogP) is 9.09. The van der Waals surface area contributed by atoms with Gasteiger partial charge in [0, 0.05) is 26.6 Å². The Balaban J connectivity index is 1.44. The SMILES string of the molecule is CC1(C)c2cc(Br)ccc2-c2ccc(-c3nc(-c4ccccc4)nc(-c4cccc5ccccc45)n3)cc21. The molecular weight excluding hydrogens is 530 g/mol. The Hall–Kier alpha value is -4.15. The van der Waals surface area contributed by atoms with Gasteiger partial charge in [0.1, 0.15) is 0 Å². The lowest BCUT2D eigenvalue weighted by Crippen LogP contribution is -2.15. The maximum Gasteiger partial charge on any atom is 0.164 e. The monoisotopic (exact) mass is 553 g/mol. The van der Waals surface area contributed by atoms with Crippen LogP contribution in [0.1, 0.15) is 25.0 Å². The summed E-state index contributed by atoms with van der Waals surface area (Å²) in [5, 5.41) is 2.29. The van der Waals surface area contributed by atoms with Crippen molar-refractivity contribution in [2.75, 3.05) is 0 Å². The van der Waals surface area contributed by atoms with Crippen molar-refractivity contribution >= 4 is 26.7 Å². The molecule has 0 radical (unpaired) electrons. The standard InChI is InChI=1S/C34H24BrN3/c1-34(2)29-19-23(15-17-26(29)27-18-16-24(35)20-30(27)34)32-36-31(22-10-4-3-5-11-22)37-33(38-32)28-14-8-12-21-9-6-7-13-25(21)28/h3-20H,1-2H3. The van der Waals surface area contributed by atoms with Gasteiger partial charge in [-0.15, -0.1) is 0 Å². The second kappa shape index (κ2) is 8.71. The number of fused-ring (bicyclic) bond motifs is 4. The summed E-state index contributed by atoms with van der Waals surface area (Å²) < 4.78 is 1.10. The van der Waals surface area contributed by atoms with Crippen molar-refractivity contribution in [2.45, 2.75) is 19.3 Å². The van der Waals surface area contributed by atoms with Gasteiger partial charge in [0.2, 0.25) is 0 Å². The van der Waals surface area contributed by atoms with Crippen LogP contribution in [-0.2, 0) is 5.41 Å². The molecule has 0 saturated heterocycles. The van der Waals surface area contributed by atoms with E-state index in [9.17, 15) is 0 Å². The number of hydrogen-bond acceptors (Lipinski definition) is 3. The van der Waals surface area contributed by atoms with E-state index in [1.807, 2.05) is 30.3 Å². The van der Waals surface area contributed by atoms with Gasteiger partial charge in [0.25, 0.3) is 0 Å². The Bertz CT molecular complexity index is 1850. The van der Waals surface area contributed by atoms with Crippen LogP contribution in [0, 0.1) is 0 Å². The zero-order valence-electron chi connectivity index (χ0n) is 21.1. The molecule has 0 spiro atoms. The Morgan fingerprint density at radius 3 is 1.97 bits per heavy atom. The third-order valence-electron chi connectivity index (χ3n) is 7.59. The number of nitrogens with zero attached hydrogens (tertiary/aromatic N) is 3. The van der Waals surface area contributed by atoms with E-state index < -0.39 is 0 Å². The van der Waals surface area contributed by atoms with Crippen LogP contribution in [0.4, 0.5) is 0 Å². The van der Waals surface area contributed by atoms with Crippen LogP contribution < -0.4 is 0 Å². The van der Waals surface area contributed by atoms with E-state index in [-0.39, 0.29) is 5.41 Å². The molecule has 0 unspecified atom stereocenters. The van der Waals surface area contributed by atoms with Crippen molar-refractivity contribution in [2.24, 2.45) is 0 Å². The van der Waals surface area contributed by atoms with E-state index >= 15 is 0 Å². The van der Waals surface area contributed by atoms with Crippen LogP contribution in [0.2, 0.25) is 0 Å². The van der Waals surface area contributed by atoms with Crippen LogP contribution in [0.25, 0.3) is 56.1 Å². The van der Waals surface area contributed by atoms with Gasteiger partial charge in [-0.3, -0.25) is 0 Å². The molecule has 0 amide bonds. The van der Waals surface area contributed by atoms with Gasteiger partial charge in [0.15, 0.2) is 17.5 Å². The Morgan fingerprint density at radius 2 is 1.16 bits per heavy atom. The Labute approximate surface area is 230 Å². The molecule has 4 heteroatoms. The molecule has 1 aromatic heterocycles. The summed E-state index contributed by atoms with van der Waals surface area (Å²) in [6.45, 7) is 4.58. The summed E-state index contributed by atoms with van der Waals surface area (Å²) in [5.41, 5.74) is 8.01. The third kappa shape index (κ3) is 3.67. The van der Waals surface area contributed by atoms with Crippen molar-refractivity contribution in [3.8, 4) is 45.3 Å². The lowest BCUT2D eigenvalue weighted by molar-refractivity contribution is 0.660. The first-order valence-corrected chi connectivity index (χ1v) is 13.5. The van der Waals surface area contributed by atoms with E-state index in [0.29, 0.717) is 17.5 Å². The third-order valence-corrected chi connectivity index (χ3v) is 8.09. The van der Waals surface area contributed by atoms with Crippen molar-refractivity contribution in [1.82, 2.24) is 15.0 Å². The first-order valence-electron chi connectivity index (χ1n) is 12.7. The number of halogens is 1. The molecule has 1 aliphatic carbocycles. The average Bonchev–Trinajstić information content (AvgIpc) is 3.18.